The molecule has 0 aromatic rings. The number of ether oxygens (including phenoxy) is 1. The molecule has 2 heteroatoms. The van der Waals surface area contributed by atoms with Crippen molar-refractivity contribution in [1.82, 2.24) is 0 Å². The Morgan fingerprint density at radius 1 is 1.29 bits per heavy atom. The van der Waals surface area contributed by atoms with Crippen molar-refractivity contribution in [3.8, 4) is 0 Å². The van der Waals surface area contributed by atoms with E-state index in [0.717, 1.165) is 19.3 Å². The molecule has 1 rings (SSSR count). The zero-order valence-electron chi connectivity index (χ0n) is 9.26. The third-order valence-electron chi connectivity index (χ3n) is 2.83. The van der Waals surface area contributed by atoms with Crippen molar-refractivity contribution < 1.29 is 9.53 Å². The monoisotopic (exact) mass is 198 g/mol. The molecular formula is C12H22O2. The quantitative estimate of drug-likeness (QED) is 0.482. The summed E-state index contributed by atoms with van der Waals surface area (Å²) in [5.74, 6) is 0.00908. The van der Waals surface area contributed by atoms with Crippen LogP contribution in [0, 0.1) is 0 Å². The Hall–Kier alpha value is -0.530. The van der Waals surface area contributed by atoms with E-state index in [0.29, 0.717) is 6.42 Å². The Labute approximate surface area is 87.0 Å². The predicted molar refractivity (Wildman–Crippen MR) is 57.1 cm³/mol. The van der Waals surface area contributed by atoms with Gasteiger partial charge in [-0.15, -0.1) is 0 Å². The minimum Gasteiger partial charge on any atom is -0.462 e. The number of hydrogen-bond acceptors (Lipinski definition) is 2. The Morgan fingerprint density at radius 3 is 2.79 bits per heavy atom. The van der Waals surface area contributed by atoms with Gasteiger partial charge in [0.1, 0.15) is 6.10 Å². The highest BCUT2D eigenvalue weighted by molar-refractivity contribution is 5.70. The number of carbonyl (C=O) groups is 1. The Kier molecular flexibility index (Phi) is 5.65. The fraction of sp³-hybridized carbons (Fsp3) is 0.917. The number of carbonyl (C=O) groups excluding carboxylic acids is 1. The van der Waals surface area contributed by atoms with Gasteiger partial charge in [-0.25, -0.2) is 0 Å². The highest BCUT2D eigenvalue weighted by atomic mass is 16.5. The maximum absolute atomic E-state index is 11.0. The van der Waals surface area contributed by atoms with Gasteiger partial charge >= 0.3 is 5.97 Å². The van der Waals surface area contributed by atoms with E-state index in [9.17, 15) is 4.79 Å². The number of cyclic esters (lactones) is 1. The average molecular weight is 198 g/mol. The second kappa shape index (κ2) is 6.86. The van der Waals surface area contributed by atoms with Gasteiger partial charge in [-0.3, -0.25) is 4.79 Å². The van der Waals surface area contributed by atoms with Crippen molar-refractivity contribution in [2.75, 3.05) is 0 Å². The van der Waals surface area contributed by atoms with Gasteiger partial charge in [0.25, 0.3) is 0 Å². The van der Waals surface area contributed by atoms with Crippen LogP contribution in [0.15, 0.2) is 0 Å². The lowest BCUT2D eigenvalue weighted by Gasteiger charge is -2.21. The topological polar surface area (TPSA) is 26.3 Å². The molecule has 1 aliphatic heterocycles. The smallest absolute Gasteiger partial charge is 0.306 e. The lowest BCUT2D eigenvalue weighted by Crippen LogP contribution is -2.23. The molecule has 0 aliphatic carbocycles. The van der Waals surface area contributed by atoms with Crippen LogP contribution in [0.5, 0.6) is 0 Å². The van der Waals surface area contributed by atoms with Crippen LogP contribution in [-0.2, 0) is 9.53 Å². The van der Waals surface area contributed by atoms with Crippen molar-refractivity contribution in [3.63, 3.8) is 0 Å². The lowest BCUT2D eigenvalue weighted by atomic mass is 10.0. The van der Waals surface area contributed by atoms with Gasteiger partial charge in [0.05, 0.1) is 0 Å². The van der Waals surface area contributed by atoms with Crippen LogP contribution < -0.4 is 0 Å². The maximum Gasteiger partial charge on any atom is 0.306 e. The fourth-order valence-corrected chi connectivity index (χ4v) is 1.96. The zero-order valence-corrected chi connectivity index (χ0v) is 9.26. The summed E-state index contributed by atoms with van der Waals surface area (Å²) in [4.78, 5) is 11.0. The summed E-state index contributed by atoms with van der Waals surface area (Å²) in [5.41, 5.74) is 0. The molecule has 1 atom stereocenters. The van der Waals surface area contributed by atoms with Gasteiger partial charge < -0.3 is 4.74 Å². The third kappa shape index (κ3) is 4.64. The first-order chi connectivity index (χ1) is 6.83. The van der Waals surface area contributed by atoms with Gasteiger partial charge in [0.15, 0.2) is 0 Å². The summed E-state index contributed by atoms with van der Waals surface area (Å²) in [6.45, 7) is 2.23. The molecule has 1 fully saturated rings. The number of esters is 1. The van der Waals surface area contributed by atoms with Gasteiger partial charge in [0, 0.05) is 6.42 Å². The number of hydrogen-bond donors (Lipinski definition) is 0. The van der Waals surface area contributed by atoms with Gasteiger partial charge in [0.2, 0.25) is 0 Å². The van der Waals surface area contributed by atoms with Gasteiger partial charge in [-0.2, -0.15) is 0 Å². The molecule has 0 N–H and O–H groups in total. The van der Waals surface area contributed by atoms with Crippen LogP contribution in [0.3, 0.4) is 0 Å². The van der Waals surface area contributed by atoms with E-state index in [2.05, 4.69) is 6.92 Å². The largest absolute Gasteiger partial charge is 0.462 e. The van der Waals surface area contributed by atoms with Crippen molar-refractivity contribution in [2.45, 2.75) is 70.8 Å². The molecule has 1 heterocycles. The van der Waals surface area contributed by atoms with Crippen LogP contribution in [-0.4, -0.2) is 12.1 Å². The molecule has 0 aromatic heterocycles. The van der Waals surface area contributed by atoms with Crippen LogP contribution in [0.1, 0.15) is 64.7 Å². The summed E-state index contributed by atoms with van der Waals surface area (Å²) >= 11 is 0. The lowest BCUT2D eigenvalue weighted by molar-refractivity contribution is -0.154. The van der Waals surface area contributed by atoms with Crippen molar-refractivity contribution in [3.05, 3.63) is 0 Å². The van der Waals surface area contributed by atoms with Crippen LogP contribution in [0.2, 0.25) is 0 Å². The van der Waals surface area contributed by atoms with E-state index in [1.54, 1.807) is 0 Å². The molecule has 1 saturated heterocycles. The van der Waals surface area contributed by atoms with Crippen LogP contribution in [0.4, 0.5) is 0 Å². The third-order valence-corrected chi connectivity index (χ3v) is 2.83. The van der Waals surface area contributed by atoms with Crippen LogP contribution >= 0.6 is 0 Å². The first-order valence-corrected chi connectivity index (χ1v) is 6.02. The molecule has 82 valence electrons. The molecule has 1 aliphatic rings. The van der Waals surface area contributed by atoms with Crippen molar-refractivity contribution >= 4 is 5.97 Å². The molecule has 2 nitrogen and oxygen atoms in total. The fourth-order valence-electron chi connectivity index (χ4n) is 1.96. The number of unbranched alkanes of at least 4 members (excludes halogenated alkanes) is 4. The molecular weight excluding hydrogens is 176 g/mol. The van der Waals surface area contributed by atoms with Crippen molar-refractivity contribution in [1.29, 1.82) is 0 Å². The molecule has 0 aromatic carbocycles. The molecule has 0 saturated carbocycles. The standard InChI is InChI=1S/C12H22O2/c1-2-3-4-5-6-8-11-9-7-10-12(13)14-11/h11H,2-10H2,1H3/t11-/m0/s1. The highest BCUT2D eigenvalue weighted by Crippen LogP contribution is 2.19. The summed E-state index contributed by atoms with van der Waals surface area (Å²) in [5, 5.41) is 0. The van der Waals surface area contributed by atoms with E-state index in [4.69, 9.17) is 4.74 Å². The molecule has 0 spiro atoms. The molecule has 0 radical (unpaired) electrons. The summed E-state index contributed by atoms with van der Waals surface area (Å²) in [6.07, 6.45) is 10.5. The minimum absolute atomic E-state index is 0.00908. The first-order valence-electron chi connectivity index (χ1n) is 6.02. The second-order valence-corrected chi connectivity index (χ2v) is 4.21. The summed E-state index contributed by atoms with van der Waals surface area (Å²) < 4.78 is 5.25. The molecule has 0 unspecified atom stereocenters. The summed E-state index contributed by atoms with van der Waals surface area (Å²) in [7, 11) is 0. The second-order valence-electron chi connectivity index (χ2n) is 4.21. The predicted octanol–water partition coefficient (Wildman–Crippen LogP) is 3.44. The number of rotatable bonds is 6. The average Bonchev–Trinajstić information content (AvgIpc) is 2.18. The van der Waals surface area contributed by atoms with Crippen LogP contribution in [0.25, 0.3) is 0 Å². The Bertz CT molecular complexity index is 166. The van der Waals surface area contributed by atoms with E-state index in [1.807, 2.05) is 0 Å². The van der Waals surface area contributed by atoms with Crippen molar-refractivity contribution in [2.24, 2.45) is 0 Å². The first kappa shape index (κ1) is 11.5. The normalized spacial score (nSPS) is 22.1. The molecule has 0 amide bonds. The maximum atomic E-state index is 11.0. The van der Waals surface area contributed by atoms with E-state index in [-0.39, 0.29) is 12.1 Å². The molecule has 14 heavy (non-hydrogen) atoms. The Balaban J connectivity index is 1.97. The van der Waals surface area contributed by atoms with E-state index in [1.165, 1.54) is 32.1 Å². The SMILES string of the molecule is CCCCCCC[C@H]1CCCC(=O)O1. The zero-order chi connectivity index (χ0) is 10.2. The Morgan fingerprint density at radius 2 is 2.07 bits per heavy atom. The minimum atomic E-state index is 0.00908. The van der Waals surface area contributed by atoms with E-state index >= 15 is 0 Å². The highest BCUT2D eigenvalue weighted by Gasteiger charge is 2.19. The summed E-state index contributed by atoms with van der Waals surface area (Å²) in [6, 6.07) is 0. The molecule has 0 bridgehead atoms. The van der Waals surface area contributed by atoms with Gasteiger partial charge in [-0.1, -0.05) is 32.6 Å². The van der Waals surface area contributed by atoms with E-state index < -0.39 is 0 Å². The van der Waals surface area contributed by atoms with Gasteiger partial charge in [-0.05, 0) is 25.7 Å².